The minimum atomic E-state index is -0.594. The molecule has 0 radical (unpaired) electrons. The van der Waals surface area contributed by atoms with Crippen molar-refractivity contribution in [2.75, 3.05) is 7.11 Å². The number of esters is 1. The molecular weight excluding hydrogens is 286 g/mol. The van der Waals surface area contributed by atoms with Gasteiger partial charge in [-0.05, 0) is 38.5 Å². The van der Waals surface area contributed by atoms with E-state index in [-0.39, 0.29) is 12.4 Å². The molecule has 1 heterocycles. The van der Waals surface area contributed by atoms with E-state index in [4.69, 9.17) is 14.2 Å². The summed E-state index contributed by atoms with van der Waals surface area (Å²) in [6, 6.07) is 6.74. The third-order valence-corrected chi connectivity index (χ3v) is 3.16. The quantitative estimate of drug-likeness (QED) is 0.869. The topological polar surface area (TPSA) is 73.9 Å². The number of methoxy groups -OCH3 is 1. The number of ether oxygens (including phenoxy) is 3. The number of carbonyl (C=O) groups excluding carboxylic acids is 2. The zero-order chi connectivity index (χ0) is 16.3. The molecule has 120 valence electrons. The van der Waals surface area contributed by atoms with Gasteiger partial charge in [0.05, 0.1) is 19.6 Å². The third kappa shape index (κ3) is 4.13. The molecule has 1 amide bonds. The maximum Gasteiger partial charge on any atom is 0.408 e. The number of hydrogen-bond acceptors (Lipinski definition) is 5. The summed E-state index contributed by atoms with van der Waals surface area (Å²) in [6.07, 6.45) is -0.962. The predicted octanol–water partition coefficient (Wildman–Crippen LogP) is 2.58. The first-order chi connectivity index (χ1) is 10.3. The average Bonchev–Trinajstić information content (AvgIpc) is 2.77. The standard InChI is InChI=1S/C16H21NO5/c1-16(2,3)22-15(19)17-12-9-13(18)21-14(12)10-5-7-11(20-4)8-6-10/h5-8,12,14H,9H2,1-4H3,(H,17,19)/t12-,14+/m1/s1. The van der Waals surface area contributed by atoms with E-state index >= 15 is 0 Å². The summed E-state index contributed by atoms with van der Waals surface area (Å²) in [6.45, 7) is 5.34. The maximum absolute atomic E-state index is 11.9. The Kier molecular flexibility index (Phi) is 4.59. The van der Waals surface area contributed by atoms with Crippen molar-refractivity contribution in [3.63, 3.8) is 0 Å². The highest BCUT2D eigenvalue weighted by molar-refractivity contribution is 5.76. The van der Waals surface area contributed by atoms with Gasteiger partial charge in [-0.25, -0.2) is 4.79 Å². The second-order valence-corrected chi connectivity index (χ2v) is 6.14. The number of cyclic esters (lactones) is 1. The molecule has 6 nitrogen and oxygen atoms in total. The van der Waals surface area contributed by atoms with Crippen LogP contribution in [0, 0.1) is 0 Å². The minimum absolute atomic E-state index is 0.121. The SMILES string of the molecule is COc1ccc([C@@H]2OC(=O)C[C@H]2NC(=O)OC(C)(C)C)cc1. The molecule has 2 atom stereocenters. The Balaban J connectivity index is 2.08. The van der Waals surface area contributed by atoms with Gasteiger partial charge < -0.3 is 19.5 Å². The first kappa shape index (κ1) is 16.1. The number of amides is 1. The molecule has 22 heavy (non-hydrogen) atoms. The summed E-state index contributed by atoms with van der Waals surface area (Å²) in [5.74, 6) is 0.367. The van der Waals surface area contributed by atoms with Crippen LogP contribution in [0.25, 0.3) is 0 Å². The van der Waals surface area contributed by atoms with Crippen LogP contribution in [0.5, 0.6) is 5.75 Å². The molecule has 0 bridgehead atoms. The molecule has 0 saturated carbocycles. The molecule has 1 aromatic rings. The Morgan fingerprint density at radius 3 is 2.45 bits per heavy atom. The average molecular weight is 307 g/mol. The Hall–Kier alpha value is -2.24. The van der Waals surface area contributed by atoms with Gasteiger partial charge in [0.15, 0.2) is 0 Å². The number of benzene rings is 1. The summed E-state index contributed by atoms with van der Waals surface area (Å²) in [5.41, 5.74) is 0.205. The van der Waals surface area contributed by atoms with Crippen LogP contribution in [0.1, 0.15) is 38.9 Å². The van der Waals surface area contributed by atoms with Gasteiger partial charge in [-0.2, -0.15) is 0 Å². The summed E-state index contributed by atoms with van der Waals surface area (Å²) >= 11 is 0. The number of hydrogen-bond donors (Lipinski definition) is 1. The lowest BCUT2D eigenvalue weighted by molar-refractivity contribution is -0.141. The fraction of sp³-hybridized carbons (Fsp3) is 0.500. The Morgan fingerprint density at radius 1 is 1.27 bits per heavy atom. The fourth-order valence-corrected chi connectivity index (χ4v) is 2.24. The number of rotatable bonds is 3. The molecular formula is C16H21NO5. The van der Waals surface area contributed by atoms with E-state index in [1.54, 1.807) is 40.0 Å². The first-order valence-electron chi connectivity index (χ1n) is 7.11. The summed E-state index contributed by atoms with van der Waals surface area (Å²) in [4.78, 5) is 23.5. The molecule has 6 heteroatoms. The van der Waals surface area contributed by atoms with Crippen molar-refractivity contribution in [3.05, 3.63) is 29.8 Å². The van der Waals surface area contributed by atoms with Crippen LogP contribution in [0.2, 0.25) is 0 Å². The molecule has 0 aromatic heterocycles. The number of alkyl carbamates (subject to hydrolysis) is 1. The Bertz CT molecular complexity index is 547. The van der Waals surface area contributed by atoms with E-state index < -0.39 is 23.8 Å². The third-order valence-electron chi connectivity index (χ3n) is 3.16. The number of nitrogens with one attached hydrogen (secondary N) is 1. The highest BCUT2D eigenvalue weighted by Gasteiger charge is 2.37. The molecule has 1 fully saturated rings. The fourth-order valence-electron chi connectivity index (χ4n) is 2.24. The lowest BCUT2D eigenvalue weighted by atomic mass is 10.0. The molecule has 0 spiro atoms. The van der Waals surface area contributed by atoms with Crippen LogP contribution < -0.4 is 10.1 Å². The number of carbonyl (C=O) groups is 2. The summed E-state index contributed by atoms with van der Waals surface area (Å²) in [5, 5.41) is 2.70. The van der Waals surface area contributed by atoms with E-state index in [1.165, 1.54) is 0 Å². The van der Waals surface area contributed by atoms with Crippen LogP contribution in [0.3, 0.4) is 0 Å². The normalized spacial score (nSPS) is 21.2. The van der Waals surface area contributed by atoms with Crippen molar-refractivity contribution in [1.29, 1.82) is 0 Å². The van der Waals surface area contributed by atoms with E-state index in [0.717, 1.165) is 5.56 Å². The molecule has 1 aliphatic heterocycles. The highest BCUT2D eigenvalue weighted by atomic mass is 16.6. The van der Waals surface area contributed by atoms with Crippen molar-refractivity contribution in [2.24, 2.45) is 0 Å². The van der Waals surface area contributed by atoms with Crippen LogP contribution in [-0.4, -0.2) is 30.8 Å². The van der Waals surface area contributed by atoms with E-state index in [9.17, 15) is 9.59 Å². The molecule has 1 saturated heterocycles. The highest BCUT2D eigenvalue weighted by Crippen LogP contribution is 2.31. The first-order valence-corrected chi connectivity index (χ1v) is 7.11. The lowest BCUT2D eigenvalue weighted by Gasteiger charge is -2.23. The van der Waals surface area contributed by atoms with Crippen LogP contribution in [0.15, 0.2) is 24.3 Å². The largest absolute Gasteiger partial charge is 0.497 e. The van der Waals surface area contributed by atoms with Crippen molar-refractivity contribution in [2.45, 2.75) is 44.9 Å². The molecule has 1 aliphatic rings. The van der Waals surface area contributed by atoms with E-state index in [0.29, 0.717) is 5.75 Å². The molecule has 2 rings (SSSR count). The molecule has 1 N–H and O–H groups in total. The van der Waals surface area contributed by atoms with Crippen LogP contribution >= 0.6 is 0 Å². The molecule has 1 aromatic carbocycles. The zero-order valence-corrected chi connectivity index (χ0v) is 13.2. The van der Waals surface area contributed by atoms with Gasteiger partial charge in [-0.15, -0.1) is 0 Å². The summed E-state index contributed by atoms with van der Waals surface area (Å²) < 4.78 is 15.6. The lowest BCUT2D eigenvalue weighted by Crippen LogP contribution is -2.40. The van der Waals surface area contributed by atoms with Crippen LogP contribution in [-0.2, 0) is 14.3 Å². The minimum Gasteiger partial charge on any atom is -0.497 e. The van der Waals surface area contributed by atoms with Gasteiger partial charge in [0.25, 0.3) is 0 Å². The van der Waals surface area contributed by atoms with Gasteiger partial charge in [-0.3, -0.25) is 4.79 Å². The predicted molar refractivity (Wildman–Crippen MR) is 79.6 cm³/mol. The second kappa shape index (κ2) is 6.25. The van der Waals surface area contributed by atoms with Gasteiger partial charge >= 0.3 is 12.1 Å². The molecule has 0 unspecified atom stereocenters. The van der Waals surface area contributed by atoms with Crippen molar-refractivity contribution in [3.8, 4) is 5.75 Å². The van der Waals surface area contributed by atoms with Gasteiger partial charge in [0, 0.05) is 0 Å². The van der Waals surface area contributed by atoms with Crippen molar-refractivity contribution in [1.82, 2.24) is 5.32 Å². The molecule has 0 aliphatic carbocycles. The van der Waals surface area contributed by atoms with E-state index in [2.05, 4.69) is 5.32 Å². The van der Waals surface area contributed by atoms with Crippen molar-refractivity contribution < 1.29 is 23.8 Å². The monoisotopic (exact) mass is 307 g/mol. The zero-order valence-electron chi connectivity index (χ0n) is 13.2. The summed E-state index contributed by atoms with van der Waals surface area (Å²) in [7, 11) is 1.58. The van der Waals surface area contributed by atoms with Crippen LogP contribution in [0.4, 0.5) is 4.79 Å². The second-order valence-electron chi connectivity index (χ2n) is 6.14. The van der Waals surface area contributed by atoms with Gasteiger partial charge in [-0.1, -0.05) is 12.1 Å². The maximum atomic E-state index is 11.9. The Labute approximate surface area is 129 Å². The van der Waals surface area contributed by atoms with Gasteiger partial charge in [0.2, 0.25) is 0 Å². The van der Waals surface area contributed by atoms with Crippen molar-refractivity contribution >= 4 is 12.1 Å². The van der Waals surface area contributed by atoms with Gasteiger partial charge in [0.1, 0.15) is 17.5 Å². The van der Waals surface area contributed by atoms with E-state index in [1.807, 2.05) is 12.1 Å². The Morgan fingerprint density at radius 2 is 1.91 bits per heavy atom. The smallest absolute Gasteiger partial charge is 0.408 e.